The van der Waals surface area contributed by atoms with Crippen LogP contribution in [-0.4, -0.2) is 31.4 Å². The van der Waals surface area contributed by atoms with Gasteiger partial charge in [-0.3, -0.25) is 0 Å². The summed E-state index contributed by atoms with van der Waals surface area (Å²) in [6.07, 6.45) is 1.45. The molecule has 1 atom stereocenters. The van der Waals surface area contributed by atoms with E-state index in [1.165, 1.54) is 6.07 Å². The molecule has 18 heavy (non-hydrogen) atoms. The van der Waals surface area contributed by atoms with Crippen molar-refractivity contribution in [1.82, 2.24) is 0 Å². The Bertz CT molecular complexity index is 405. The van der Waals surface area contributed by atoms with Crippen LogP contribution in [-0.2, 0) is 4.74 Å². The summed E-state index contributed by atoms with van der Waals surface area (Å²) >= 11 is 0. The lowest BCUT2D eigenvalue weighted by Gasteiger charge is -2.28. The van der Waals surface area contributed by atoms with Crippen molar-refractivity contribution in [1.29, 1.82) is 0 Å². The molecule has 0 heterocycles. The number of hydrogen-bond donors (Lipinski definition) is 1. The normalized spacial score (nSPS) is 16.7. The fourth-order valence-corrected chi connectivity index (χ4v) is 2.27. The minimum absolute atomic E-state index is 0.342. The van der Waals surface area contributed by atoms with Gasteiger partial charge in [-0.05, 0) is 31.9 Å². The Morgan fingerprint density at radius 3 is 2.78 bits per heavy atom. The summed E-state index contributed by atoms with van der Waals surface area (Å²) in [5, 5.41) is 9.76. The SMILES string of the molecule is COCCN(c1cccc(F)c1[C@H](C)O)C1CC1. The molecule has 1 aliphatic carbocycles. The van der Waals surface area contributed by atoms with Crippen LogP contribution in [0.2, 0.25) is 0 Å². The molecule has 2 rings (SSSR count). The van der Waals surface area contributed by atoms with Gasteiger partial charge in [0.15, 0.2) is 0 Å². The molecule has 0 saturated heterocycles. The van der Waals surface area contributed by atoms with Gasteiger partial charge in [-0.15, -0.1) is 0 Å². The Kier molecular flexibility index (Phi) is 4.19. The largest absolute Gasteiger partial charge is 0.389 e. The van der Waals surface area contributed by atoms with Crippen LogP contribution in [0.5, 0.6) is 0 Å². The summed E-state index contributed by atoms with van der Waals surface area (Å²) in [5.74, 6) is -0.342. The topological polar surface area (TPSA) is 32.7 Å². The third-order valence-corrected chi connectivity index (χ3v) is 3.28. The third-order valence-electron chi connectivity index (χ3n) is 3.28. The smallest absolute Gasteiger partial charge is 0.131 e. The van der Waals surface area contributed by atoms with Gasteiger partial charge in [0.05, 0.1) is 12.7 Å². The highest BCUT2D eigenvalue weighted by Gasteiger charge is 2.31. The van der Waals surface area contributed by atoms with Crippen molar-refractivity contribution in [3.8, 4) is 0 Å². The Morgan fingerprint density at radius 1 is 1.50 bits per heavy atom. The molecule has 0 unspecified atom stereocenters. The van der Waals surface area contributed by atoms with E-state index in [0.29, 0.717) is 18.2 Å². The van der Waals surface area contributed by atoms with Crippen LogP contribution in [0.25, 0.3) is 0 Å². The molecular weight excluding hydrogens is 233 g/mol. The van der Waals surface area contributed by atoms with E-state index in [1.807, 2.05) is 6.07 Å². The van der Waals surface area contributed by atoms with Gasteiger partial charge >= 0.3 is 0 Å². The van der Waals surface area contributed by atoms with Crippen molar-refractivity contribution in [3.05, 3.63) is 29.6 Å². The second-order valence-electron chi connectivity index (χ2n) is 4.77. The van der Waals surface area contributed by atoms with E-state index in [0.717, 1.165) is 25.1 Å². The number of aliphatic hydroxyl groups excluding tert-OH is 1. The summed E-state index contributed by atoms with van der Waals surface area (Å²) in [7, 11) is 1.66. The fraction of sp³-hybridized carbons (Fsp3) is 0.571. The Labute approximate surface area is 107 Å². The average molecular weight is 253 g/mol. The molecule has 1 N–H and O–H groups in total. The van der Waals surface area contributed by atoms with Gasteiger partial charge in [-0.2, -0.15) is 0 Å². The van der Waals surface area contributed by atoms with E-state index in [2.05, 4.69) is 4.90 Å². The minimum atomic E-state index is -0.801. The Hall–Kier alpha value is -1.13. The lowest BCUT2D eigenvalue weighted by atomic mass is 10.1. The zero-order valence-corrected chi connectivity index (χ0v) is 10.9. The molecule has 1 aromatic rings. The van der Waals surface area contributed by atoms with Gasteiger partial charge in [0, 0.05) is 30.9 Å². The molecule has 100 valence electrons. The molecule has 3 nitrogen and oxygen atoms in total. The molecular formula is C14H20FNO2. The van der Waals surface area contributed by atoms with E-state index in [-0.39, 0.29) is 5.82 Å². The van der Waals surface area contributed by atoms with Crippen molar-refractivity contribution in [3.63, 3.8) is 0 Å². The van der Waals surface area contributed by atoms with Crippen LogP contribution in [0.15, 0.2) is 18.2 Å². The van der Waals surface area contributed by atoms with E-state index < -0.39 is 6.10 Å². The maximum Gasteiger partial charge on any atom is 0.131 e. The first-order valence-electron chi connectivity index (χ1n) is 6.37. The number of hydrogen-bond acceptors (Lipinski definition) is 3. The standard InChI is InChI=1S/C14H20FNO2/c1-10(17)14-12(15)4-3-5-13(14)16(8-9-18-2)11-6-7-11/h3-5,10-11,17H,6-9H2,1-2H3/t10-/m0/s1. The molecule has 0 amide bonds. The molecule has 0 spiro atoms. The van der Waals surface area contributed by atoms with Crippen LogP contribution in [0.4, 0.5) is 10.1 Å². The number of aliphatic hydroxyl groups is 1. The van der Waals surface area contributed by atoms with Crippen LogP contribution in [0, 0.1) is 5.82 Å². The third kappa shape index (κ3) is 2.82. The molecule has 1 aromatic carbocycles. The number of anilines is 1. The predicted octanol–water partition coefficient (Wildman–Crippen LogP) is 2.49. The molecule has 4 heteroatoms. The second-order valence-corrected chi connectivity index (χ2v) is 4.77. The average Bonchev–Trinajstić information content (AvgIpc) is 3.13. The molecule has 0 bridgehead atoms. The Morgan fingerprint density at radius 2 is 2.22 bits per heavy atom. The summed E-state index contributed by atoms with van der Waals surface area (Å²) < 4.78 is 19.0. The number of benzene rings is 1. The molecule has 0 radical (unpaired) electrons. The van der Waals surface area contributed by atoms with Crippen LogP contribution in [0.1, 0.15) is 31.4 Å². The minimum Gasteiger partial charge on any atom is -0.389 e. The van der Waals surface area contributed by atoms with Gasteiger partial charge in [-0.25, -0.2) is 4.39 Å². The first kappa shape index (κ1) is 13.3. The van der Waals surface area contributed by atoms with Crippen LogP contribution in [0.3, 0.4) is 0 Å². The first-order chi connectivity index (χ1) is 8.65. The molecule has 1 saturated carbocycles. The van der Waals surface area contributed by atoms with Crippen LogP contribution < -0.4 is 4.90 Å². The van der Waals surface area contributed by atoms with E-state index in [9.17, 15) is 9.50 Å². The monoisotopic (exact) mass is 253 g/mol. The predicted molar refractivity (Wildman–Crippen MR) is 69.3 cm³/mol. The van der Waals surface area contributed by atoms with Crippen molar-refractivity contribution in [2.24, 2.45) is 0 Å². The molecule has 1 aliphatic rings. The summed E-state index contributed by atoms with van der Waals surface area (Å²) in [6, 6.07) is 5.42. The van der Waals surface area contributed by atoms with Crippen molar-refractivity contribution in [2.75, 3.05) is 25.2 Å². The highest BCUT2D eigenvalue weighted by atomic mass is 19.1. The molecule has 1 fully saturated rings. The number of rotatable bonds is 6. The van der Waals surface area contributed by atoms with Gasteiger partial charge < -0.3 is 14.7 Å². The Balaban J connectivity index is 2.31. The first-order valence-corrected chi connectivity index (χ1v) is 6.37. The van der Waals surface area contributed by atoms with Crippen molar-refractivity contribution < 1.29 is 14.2 Å². The maximum absolute atomic E-state index is 13.8. The van der Waals surface area contributed by atoms with Crippen molar-refractivity contribution >= 4 is 5.69 Å². The number of methoxy groups -OCH3 is 1. The number of nitrogens with zero attached hydrogens (tertiary/aromatic N) is 1. The highest BCUT2D eigenvalue weighted by Crippen LogP contribution is 2.36. The lowest BCUT2D eigenvalue weighted by Crippen LogP contribution is -2.30. The maximum atomic E-state index is 13.8. The van der Waals surface area contributed by atoms with Gasteiger partial charge in [0.25, 0.3) is 0 Å². The van der Waals surface area contributed by atoms with Crippen molar-refractivity contribution in [2.45, 2.75) is 31.9 Å². The summed E-state index contributed by atoms with van der Waals surface area (Å²) in [4.78, 5) is 2.15. The van der Waals surface area contributed by atoms with E-state index in [1.54, 1.807) is 20.1 Å². The zero-order chi connectivity index (χ0) is 13.1. The number of ether oxygens (including phenoxy) is 1. The summed E-state index contributed by atoms with van der Waals surface area (Å²) in [6.45, 7) is 2.93. The van der Waals surface area contributed by atoms with E-state index >= 15 is 0 Å². The fourth-order valence-electron chi connectivity index (χ4n) is 2.27. The zero-order valence-electron chi connectivity index (χ0n) is 10.9. The molecule has 0 aliphatic heterocycles. The quantitative estimate of drug-likeness (QED) is 0.845. The molecule has 0 aromatic heterocycles. The highest BCUT2D eigenvalue weighted by molar-refractivity contribution is 5.56. The van der Waals surface area contributed by atoms with Crippen LogP contribution >= 0.6 is 0 Å². The van der Waals surface area contributed by atoms with Gasteiger partial charge in [0.1, 0.15) is 5.82 Å². The second kappa shape index (κ2) is 5.67. The number of halogens is 1. The summed E-state index contributed by atoms with van der Waals surface area (Å²) in [5.41, 5.74) is 1.19. The lowest BCUT2D eigenvalue weighted by molar-refractivity contribution is 0.192. The van der Waals surface area contributed by atoms with E-state index in [4.69, 9.17) is 4.74 Å². The van der Waals surface area contributed by atoms with Gasteiger partial charge in [-0.1, -0.05) is 6.07 Å². The van der Waals surface area contributed by atoms with Gasteiger partial charge in [0.2, 0.25) is 0 Å².